The maximum atomic E-state index is 12.5. The Balaban J connectivity index is 1.54. The van der Waals surface area contributed by atoms with Crippen LogP contribution in [-0.4, -0.2) is 59.4 Å². The number of amides is 1. The van der Waals surface area contributed by atoms with E-state index in [0.29, 0.717) is 37.8 Å². The van der Waals surface area contributed by atoms with E-state index in [4.69, 9.17) is 9.47 Å². The molecule has 0 bridgehead atoms. The van der Waals surface area contributed by atoms with E-state index < -0.39 is 5.79 Å². The van der Waals surface area contributed by atoms with Gasteiger partial charge < -0.3 is 19.7 Å². The number of rotatable bonds is 5. The number of nitrogens with one attached hydrogen (secondary N) is 1. The molecule has 1 aromatic rings. The van der Waals surface area contributed by atoms with Gasteiger partial charge in [0.15, 0.2) is 5.79 Å². The van der Waals surface area contributed by atoms with Gasteiger partial charge in [-0.05, 0) is 6.42 Å². The lowest BCUT2D eigenvalue weighted by molar-refractivity contribution is -0.181. The summed E-state index contributed by atoms with van der Waals surface area (Å²) in [6.07, 6.45) is 6.82. The van der Waals surface area contributed by atoms with Gasteiger partial charge in [-0.15, -0.1) is 0 Å². The summed E-state index contributed by atoms with van der Waals surface area (Å²) in [6.45, 7) is 5.54. The second-order valence-electron chi connectivity index (χ2n) is 5.98. The lowest BCUT2D eigenvalue weighted by Gasteiger charge is -2.37. The Morgan fingerprint density at radius 3 is 2.52 bits per heavy atom. The van der Waals surface area contributed by atoms with Gasteiger partial charge >= 0.3 is 0 Å². The van der Waals surface area contributed by atoms with Crippen LogP contribution in [0.2, 0.25) is 0 Å². The van der Waals surface area contributed by atoms with Gasteiger partial charge in [0.05, 0.1) is 18.8 Å². The van der Waals surface area contributed by atoms with E-state index in [1.807, 2.05) is 4.90 Å². The van der Waals surface area contributed by atoms with Crippen LogP contribution in [0.4, 0.5) is 5.95 Å². The highest BCUT2D eigenvalue weighted by Crippen LogP contribution is 2.31. The molecule has 0 saturated carbocycles. The van der Waals surface area contributed by atoms with Crippen LogP contribution in [0.3, 0.4) is 0 Å². The first kappa shape index (κ1) is 16.1. The number of piperidine rings is 1. The van der Waals surface area contributed by atoms with Crippen molar-refractivity contribution >= 4 is 11.9 Å². The van der Waals surface area contributed by atoms with Crippen molar-refractivity contribution in [3.63, 3.8) is 0 Å². The summed E-state index contributed by atoms with van der Waals surface area (Å²) in [5.74, 6) is 0.0821. The molecule has 1 amide bonds. The molecular weight excluding hydrogens is 296 g/mol. The highest BCUT2D eigenvalue weighted by atomic mass is 16.7. The molecule has 1 spiro atoms. The lowest BCUT2D eigenvalue weighted by atomic mass is 10.0. The highest BCUT2D eigenvalue weighted by Gasteiger charge is 2.40. The van der Waals surface area contributed by atoms with Crippen molar-refractivity contribution in [2.45, 2.75) is 38.4 Å². The normalized spacial score (nSPS) is 20.0. The number of hydrogen-bond acceptors (Lipinski definition) is 6. The molecule has 0 aliphatic carbocycles. The summed E-state index contributed by atoms with van der Waals surface area (Å²) < 4.78 is 11.4. The number of aromatic nitrogens is 2. The summed E-state index contributed by atoms with van der Waals surface area (Å²) in [5, 5.41) is 3.14. The minimum atomic E-state index is -0.458. The van der Waals surface area contributed by atoms with Gasteiger partial charge in [0.25, 0.3) is 5.91 Å². The fourth-order valence-electron chi connectivity index (χ4n) is 2.93. The molecule has 1 N–H and O–H groups in total. The minimum Gasteiger partial charge on any atom is -0.354 e. The molecule has 2 aliphatic heterocycles. The Morgan fingerprint density at radius 1 is 1.26 bits per heavy atom. The minimum absolute atomic E-state index is 0.0297. The second kappa shape index (κ2) is 7.23. The van der Waals surface area contributed by atoms with Crippen molar-refractivity contribution in [1.29, 1.82) is 0 Å². The molecular formula is C16H24N4O3. The zero-order chi connectivity index (χ0) is 16.1. The van der Waals surface area contributed by atoms with E-state index in [1.165, 1.54) is 0 Å². The van der Waals surface area contributed by atoms with Crippen molar-refractivity contribution in [3.8, 4) is 0 Å². The monoisotopic (exact) mass is 320 g/mol. The van der Waals surface area contributed by atoms with E-state index in [-0.39, 0.29) is 5.91 Å². The maximum absolute atomic E-state index is 12.5. The summed E-state index contributed by atoms with van der Waals surface area (Å²) in [4.78, 5) is 22.8. The Morgan fingerprint density at radius 2 is 1.91 bits per heavy atom. The third kappa shape index (κ3) is 3.79. The van der Waals surface area contributed by atoms with E-state index >= 15 is 0 Å². The Kier molecular flexibility index (Phi) is 5.07. The average Bonchev–Trinajstić information content (AvgIpc) is 3.04. The number of carbonyl (C=O) groups excluding carboxylic acids is 1. The molecule has 7 nitrogen and oxygen atoms in total. The molecule has 3 heterocycles. The molecule has 1 aromatic heterocycles. The van der Waals surface area contributed by atoms with Crippen molar-refractivity contribution in [3.05, 3.63) is 18.0 Å². The number of ether oxygens (including phenoxy) is 2. The number of likely N-dealkylation sites (tertiary alicyclic amines) is 1. The van der Waals surface area contributed by atoms with Gasteiger partial charge in [-0.25, -0.2) is 9.97 Å². The zero-order valence-electron chi connectivity index (χ0n) is 13.6. The largest absolute Gasteiger partial charge is 0.354 e. The van der Waals surface area contributed by atoms with Crippen LogP contribution in [0.15, 0.2) is 12.4 Å². The van der Waals surface area contributed by atoms with Crippen LogP contribution in [-0.2, 0) is 9.47 Å². The predicted octanol–water partition coefficient (Wildman–Crippen LogP) is 1.67. The Hall–Kier alpha value is -1.73. The van der Waals surface area contributed by atoms with Crippen LogP contribution in [0.25, 0.3) is 0 Å². The first-order chi connectivity index (χ1) is 11.2. The predicted molar refractivity (Wildman–Crippen MR) is 85.2 cm³/mol. The van der Waals surface area contributed by atoms with E-state index in [0.717, 1.165) is 32.2 Å². The molecule has 23 heavy (non-hydrogen) atoms. The zero-order valence-corrected chi connectivity index (χ0v) is 13.6. The van der Waals surface area contributed by atoms with Gasteiger partial charge in [0.2, 0.25) is 5.95 Å². The van der Waals surface area contributed by atoms with E-state index in [2.05, 4.69) is 22.2 Å². The van der Waals surface area contributed by atoms with Crippen molar-refractivity contribution in [2.24, 2.45) is 0 Å². The van der Waals surface area contributed by atoms with Crippen molar-refractivity contribution in [1.82, 2.24) is 14.9 Å². The first-order valence-electron chi connectivity index (χ1n) is 8.35. The Bertz CT molecular complexity index is 519. The molecule has 2 saturated heterocycles. The molecule has 0 radical (unpaired) electrons. The smallest absolute Gasteiger partial charge is 0.256 e. The van der Waals surface area contributed by atoms with Gasteiger partial charge in [-0.2, -0.15) is 0 Å². The van der Waals surface area contributed by atoms with Gasteiger partial charge in [0.1, 0.15) is 0 Å². The topological polar surface area (TPSA) is 76.6 Å². The quantitative estimate of drug-likeness (QED) is 0.832. The van der Waals surface area contributed by atoms with Crippen molar-refractivity contribution in [2.75, 3.05) is 38.2 Å². The Labute approximate surface area is 136 Å². The maximum Gasteiger partial charge on any atom is 0.256 e. The summed E-state index contributed by atoms with van der Waals surface area (Å²) in [6, 6.07) is 0. The van der Waals surface area contributed by atoms with Gasteiger partial charge in [0, 0.05) is 44.9 Å². The fourth-order valence-corrected chi connectivity index (χ4v) is 2.93. The molecule has 2 aliphatic rings. The second-order valence-corrected chi connectivity index (χ2v) is 5.98. The van der Waals surface area contributed by atoms with Crippen LogP contribution in [0, 0.1) is 0 Å². The average molecular weight is 320 g/mol. The number of nitrogens with zero attached hydrogens (tertiary/aromatic N) is 3. The van der Waals surface area contributed by atoms with Crippen LogP contribution < -0.4 is 5.32 Å². The van der Waals surface area contributed by atoms with Crippen LogP contribution in [0.1, 0.15) is 43.0 Å². The molecule has 126 valence electrons. The van der Waals surface area contributed by atoms with Crippen molar-refractivity contribution < 1.29 is 14.3 Å². The standard InChI is InChI=1S/C16H24N4O3/c1-2-3-6-17-15-18-11-13(12-19-15)14(21)20-7-4-16(5-8-20)22-9-10-23-16/h11-12H,2-10H2,1H3,(H,17,18,19). The fraction of sp³-hybridized carbons (Fsp3) is 0.688. The number of hydrogen-bond donors (Lipinski definition) is 1. The third-order valence-electron chi connectivity index (χ3n) is 4.34. The summed E-state index contributed by atoms with van der Waals surface area (Å²) in [5.41, 5.74) is 0.523. The summed E-state index contributed by atoms with van der Waals surface area (Å²) in [7, 11) is 0. The molecule has 0 atom stereocenters. The number of anilines is 1. The van der Waals surface area contributed by atoms with E-state index in [9.17, 15) is 4.79 Å². The first-order valence-corrected chi connectivity index (χ1v) is 8.35. The molecule has 0 unspecified atom stereocenters. The van der Waals surface area contributed by atoms with Crippen LogP contribution >= 0.6 is 0 Å². The third-order valence-corrected chi connectivity index (χ3v) is 4.34. The number of unbranched alkanes of at least 4 members (excludes halogenated alkanes) is 1. The van der Waals surface area contributed by atoms with Gasteiger partial charge in [-0.3, -0.25) is 4.79 Å². The lowest BCUT2D eigenvalue weighted by Crippen LogP contribution is -2.47. The number of carbonyl (C=O) groups is 1. The highest BCUT2D eigenvalue weighted by molar-refractivity contribution is 5.93. The van der Waals surface area contributed by atoms with E-state index in [1.54, 1.807) is 12.4 Å². The molecule has 3 rings (SSSR count). The summed E-state index contributed by atoms with van der Waals surface area (Å²) >= 11 is 0. The molecule has 7 heteroatoms. The molecule has 2 fully saturated rings. The van der Waals surface area contributed by atoms with Gasteiger partial charge in [-0.1, -0.05) is 13.3 Å². The van der Waals surface area contributed by atoms with Crippen LogP contribution in [0.5, 0.6) is 0 Å². The SMILES string of the molecule is CCCCNc1ncc(C(=O)N2CCC3(CC2)OCCO3)cn1. The molecule has 0 aromatic carbocycles.